The van der Waals surface area contributed by atoms with E-state index in [4.69, 9.17) is 0 Å². The molecule has 12 heavy (non-hydrogen) atoms. The Labute approximate surface area is 83.7 Å². The Kier molecular flexibility index (Phi) is 2.15. The lowest BCUT2D eigenvalue weighted by molar-refractivity contribution is 1.42. The third kappa shape index (κ3) is 1.17. The number of nitrogens with one attached hydrogen (secondary N) is 1. The molecule has 0 radical (unpaired) electrons. The molecule has 0 spiro atoms. The van der Waals surface area contributed by atoms with Crippen molar-refractivity contribution in [1.29, 1.82) is 0 Å². The Morgan fingerprint density at radius 3 is 3.00 bits per heavy atom. The van der Waals surface area contributed by atoms with E-state index in [1.807, 2.05) is 12.3 Å². The first-order chi connectivity index (χ1) is 5.83. The van der Waals surface area contributed by atoms with E-state index in [1.165, 1.54) is 15.8 Å². The molecule has 0 amide bonds. The van der Waals surface area contributed by atoms with Gasteiger partial charge in [-0.2, -0.15) is 0 Å². The minimum Gasteiger partial charge on any atom is -0.360 e. The molecule has 0 atom stereocenters. The van der Waals surface area contributed by atoms with Crippen molar-refractivity contribution in [3.05, 3.63) is 28.9 Å². The zero-order valence-corrected chi connectivity index (χ0v) is 9.00. The molecule has 0 aliphatic rings. The van der Waals surface area contributed by atoms with Gasteiger partial charge in [0, 0.05) is 26.5 Å². The smallest absolute Gasteiger partial charge is 0.0477 e. The number of hydrogen-bond acceptors (Lipinski definition) is 1. The van der Waals surface area contributed by atoms with E-state index >= 15 is 0 Å². The zero-order valence-electron chi connectivity index (χ0n) is 6.60. The predicted molar refractivity (Wildman–Crippen MR) is 57.8 cm³/mol. The Morgan fingerprint density at radius 1 is 1.42 bits per heavy atom. The largest absolute Gasteiger partial charge is 0.360 e. The normalized spacial score (nSPS) is 10.8. The van der Waals surface area contributed by atoms with Crippen molar-refractivity contribution >= 4 is 38.6 Å². The second-order valence-corrected chi connectivity index (χ2v) is 4.22. The molecule has 1 aromatic carbocycles. The van der Waals surface area contributed by atoms with Crippen molar-refractivity contribution in [2.24, 2.45) is 0 Å². The fourth-order valence-corrected chi connectivity index (χ4v) is 2.58. The molecule has 3 heteroatoms. The third-order valence-corrected chi connectivity index (χ3v) is 3.26. The highest BCUT2D eigenvalue weighted by molar-refractivity contribution is 9.10. The molecule has 1 aromatic heterocycles. The third-order valence-electron chi connectivity index (χ3n) is 1.84. The maximum absolute atomic E-state index is 3.53. The number of rotatable bonds is 1. The molecular weight excluding hydrogens is 234 g/mol. The van der Waals surface area contributed by atoms with Gasteiger partial charge in [-0.25, -0.2) is 0 Å². The first-order valence-electron chi connectivity index (χ1n) is 3.62. The van der Waals surface area contributed by atoms with Gasteiger partial charge < -0.3 is 4.98 Å². The molecule has 0 saturated heterocycles. The summed E-state index contributed by atoms with van der Waals surface area (Å²) in [5.74, 6) is 0. The number of aromatic nitrogens is 1. The van der Waals surface area contributed by atoms with Crippen LogP contribution in [0.5, 0.6) is 0 Å². The standard InChI is InChI=1S/C9H8BrNS/c1-12-8-5-11-7-4-2-3-6(10)9(7)8/h2-5,11H,1H3. The summed E-state index contributed by atoms with van der Waals surface area (Å²) in [5.41, 5.74) is 1.19. The summed E-state index contributed by atoms with van der Waals surface area (Å²) in [5, 5.41) is 1.28. The molecule has 1 heterocycles. The molecule has 0 aliphatic heterocycles. The molecule has 1 N–H and O–H groups in total. The number of H-pyrrole nitrogens is 1. The van der Waals surface area contributed by atoms with Gasteiger partial charge in [0.15, 0.2) is 0 Å². The van der Waals surface area contributed by atoms with Gasteiger partial charge in [-0.3, -0.25) is 0 Å². The molecule has 0 bridgehead atoms. The number of hydrogen-bond donors (Lipinski definition) is 1. The minimum absolute atomic E-state index is 1.16. The van der Waals surface area contributed by atoms with Crippen LogP contribution in [0.2, 0.25) is 0 Å². The quantitative estimate of drug-likeness (QED) is 0.754. The molecular formula is C9H8BrNS. The van der Waals surface area contributed by atoms with Gasteiger partial charge in [0.2, 0.25) is 0 Å². The highest BCUT2D eigenvalue weighted by Gasteiger charge is 2.04. The molecule has 1 nitrogen and oxygen atoms in total. The van der Waals surface area contributed by atoms with Crippen LogP contribution in [0.25, 0.3) is 10.9 Å². The van der Waals surface area contributed by atoms with Crippen LogP contribution in [0, 0.1) is 0 Å². The number of fused-ring (bicyclic) bond motifs is 1. The van der Waals surface area contributed by atoms with Gasteiger partial charge in [0.25, 0.3) is 0 Å². The summed E-state index contributed by atoms with van der Waals surface area (Å²) in [6, 6.07) is 6.18. The Bertz CT molecular complexity index is 408. The highest BCUT2D eigenvalue weighted by atomic mass is 79.9. The lowest BCUT2D eigenvalue weighted by Crippen LogP contribution is -1.69. The fraction of sp³-hybridized carbons (Fsp3) is 0.111. The van der Waals surface area contributed by atoms with Crippen molar-refractivity contribution in [1.82, 2.24) is 4.98 Å². The van der Waals surface area contributed by atoms with Crippen LogP contribution >= 0.6 is 27.7 Å². The Balaban J connectivity index is 2.83. The predicted octanol–water partition coefficient (Wildman–Crippen LogP) is 3.65. The molecule has 62 valence electrons. The van der Waals surface area contributed by atoms with E-state index in [1.54, 1.807) is 11.8 Å². The van der Waals surface area contributed by atoms with E-state index in [2.05, 4.69) is 39.3 Å². The summed E-state index contributed by atoms with van der Waals surface area (Å²) in [6.45, 7) is 0. The second kappa shape index (κ2) is 3.15. The Hall–Kier alpha value is -0.410. The van der Waals surface area contributed by atoms with Crippen molar-refractivity contribution < 1.29 is 0 Å². The Morgan fingerprint density at radius 2 is 2.25 bits per heavy atom. The molecule has 0 aliphatic carbocycles. The van der Waals surface area contributed by atoms with Crippen molar-refractivity contribution in [3.8, 4) is 0 Å². The van der Waals surface area contributed by atoms with E-state index in [0.29, 0.717) is 0 Å². The number of thioether (sulfide) groups is 1. The first kappa shape index (κ1) is 8.20. The van der Waals surface area contributed by atoms with E-state index in [0.717, 1.165) is 4.47 Å². The van der Waals surface area contributed by atoms with E-state index < -0.39 is 0 Å². The molecule has 0 saturated carbocycles. The minimum atomic E-state index is 1.16. The SMILES string of the molecule is CSc1c[nH]c2cccc(Br)c12. The van der Waals surface area contributed by atoms with Gasteiger partial charge in [0.1, 0.15) is 0 Å². The summed E-state index contributed by atoms with van der Waals surface area (Å²) >= 11 is 5.29. The lowest BCUT2D eigenvalue weighted by Gasteiger charge is -1.95. The van der Waals surface area contributed by atoms with Gasteiger partial charge in [0.05, 0.1) is 0 Å². The van der Waals surface area contributed by atoms with Gasteiger partial charge in [-0.05, 0) is 18.4 Å². The van der Waals surface area contributed by atoms with Gasteiger partial charge >= 0.3 is 0 Å². The molecule has 2 aromatic rings. The first-order valence-corrected chi connectivity index (χ1v) is 5.64. The lowest BCUT2D eigenvalue weighted by atomic mass is 10.2. The number of aromatic amines is 1. The zero-order chi connectivity index (χ0) is 8.55. The van der Waals surface area contributed by atoms with Gasteiger partial charge in [-0.1, -0.05) is 22.0 Å². The monoisotopic (exact) mass is 241 g/mol. The van der Waals surface area contributed by atoms with Crippen molar-refractivity contribution in [2.75, 3.05) is 6.26 Å². The van der Waals surface area contributed by atoms with Gasteiger partial charge in [-0.15, -0.1) is 11.8 Å². The highest BCUT2D eigenvalue weighted by Crippen LogP contribution is 2.31. The van der Waals surface area contributed by atoms with Crippen LogP contribution in [0.4, 0.5) is 0 Å². The topological polar surface area (TPSA) is 15.8 Å². The number of benzene rings is 1. The maximum atomic E-state index is 3.53. The van der Waals surface area contributed by atoms with Crippen LogP contribution in [0.15, 0.2) is 33.8 Å². The molecule has 0 unspecified atom stereocenters. The fourth-order valence-electron chi connectivity index (χ4n) is 1.27. The second-order valence-electron chi connectivity index (χ2n) is 2.52. The van der Waals surface area contributed by atoms with Crippen LogP contribution in [-0.4, -0.2) is 11.2 Å². The molecule has 2 rings (SSSR count). The average molecular weight is 242 g/mol. The summed E-state index contributed by atoms with van der Waals surface area (Å²) < 4.78 is 1.16. The van der Waals surface area contributed by atoms with Crippen LogP contribution in [-0.2, 0) is 0 Å². The summed E-state index contributed by atoms with van der Waals surface area (Å²) in [4.78, 5) is 4.52. The van der Waals surface area contributed by atoms with Crippen molar-refractivity contribution in [2.45, 2.75) is 4.90 Å². The summed E-state index contributed by atoms with van der Waals surface area (Å²) in [6.07, 6.45) is 4.13. The number of halogens is 1. The van der Waals surface area contributed by atoms with E-state index in [9.17, 15) is 0 Å². The van der Waals surface area contributed by atoms with Crippen molar-refractivity contribution in [3.63, 3.8) is 0 Å². The van der Waals surface area contributed by atoms with Crippen LogP contribution in [0.3, 0.4) is 0 Å². The maximum Gasteiger partial charge on any atom is 0.0477 e. The molecule has 0 fully saturated rings. The summed E-state index contributed by atoms with van der Waals surface area (Å²) in [7, 11) is 0. The van der Waals surface area contributed by atoms with Crippen LogP contribution < -0.4 is 0 Å². The average Bonchev–Trinajstić information content (AvgIpc) is 2.49. The van der Waals surface area contributed by atoms with Crippen LogP contribution in [0.1, 0.15) is 0 Å². The van der Waals surface area contributed by atoms with E-state index in [-0.39, 0.29) is 0 Å².